The molecule has 0 fully saturated rings. The van der Waals surface area contributed by atoms with Crippen LogP contribution in [0.4, 0.5) is 20.9 Å². The molecule has 1 N–H and O–H groups in total. The summed E-state index contributed by atoms with van der Waals surface area (Å²) >= 11 is 0. The van der Waals surface area contributed by atoms with Crippen molar-refractivity contribution in [2.75, 3.05) is 0 Å². The van der Waals surface area contributed by atoms with Gasteiger partial charge in [0.2, 0.25) is 0 Å². The van der Waals surface area contributed by atoms with Crippen LogP contribution >= 0.6 is 0 Å². The molecule has 0 saturated carbocycles. The van der Waals surface area contributed by atoms with E-state index in [1.165, 1.54) is 12.1 Å². The van der Waals surface area contributed by atoms with E-state index in [2.05, 4.69) is 10.2 Å². The number of rotatable bonds is 4. The average molecular weight is 375 g/mol. The molecular formula is C16H10FN3O5S. The average Bonchev–Trinajstić information content (AvgIpc) is 2.60. The Labute approximate surface area is 146 Å². The van der Waals surface area contributed by atoms with Crippen molar-refractivity contribution in [3.8, 4) is 5.75 Å². The van der Waals surface area contributed by atoms with Gasteiger partial charge in [-0.25, -0.2) is 0 Å². The second-order valence-corrected chi connectivity index (χ2v) is 6.51. The Morgan fingerprint density at radius 3 is 2.23 bits per heavy atom. The van der Waals surface area contributed by atoms with E-state index in [0.29, 0.717) is 22.5 Å². The highest BCUT2D eigenvalue weighted by molar-refractivity contribution is 7.86. The van der Waals surface area contributed by atoms with Gasteiger partial charge in [0.05, 0.1) is 10.6 Å². The van der Waals surface area contributed by atoms with E-state index < -0.39 is 25.7 Å². The quantitative estimate of drug-likeness (QED) is 0.311. The smallest absolute Gasteiger partial charge is 0.334 e. The number of benzene rings is 3. The molecule has 0 saturated heterocycles. The summed E-state index contributed by atoms with van der Waals surface area (Å²) in [6, 6.07) is 12.2. The highest BCUT2D eigenvalue weighted by atomic mass is 32.3. The summed E-state index contributed by atoms with van der Waals surface area (Å²) in [4.78, 5) is 8.97. The second kappa shape index (κ2) is 6.48. The van der Waals surface area contributed by atoms with E-state index in [0.717, 1.165) is 12.1 Å². The standard InChI is InChI=1S/C16H10FN3O5S/c17-26(24,25)16-9-10(20(22)23)5-6-14(16)19-18-13-7-8-15(21)12-4-2-1-3-11(12)13/h1-9,21H. The van der Waals surface area contributed by atoms with Gasteiger partial charge in [0.1, 0.15) is 16.3 Å². The third-order valence-corrected chi connectivity index (χ3v) is 4.41. The molecule has 0 aliphatic heterocycles. The van der Waals surface area contributed by atoms with Crippen LogP contribution in [0.5, 0.6) is 5.75 Å². The normalized spacial score (nSPS) is 11.9. The summed E-state index contributed by atoms with van der Waals surface area (Å²) in [6.07, 6.45) is 0. The number of hydrogen-bond donors (Lipinski definition) is 1. The van der Waals surface area contributed by atoms with Crippen LogP contribution < -0.4 is 0 Å². The van der Waals surface area contributed by atoms with Gasteiger partial charge in [-0.05, 0) is 18.2 Å². The highest BCUT2D eigenvalue weighted by Crippen LogP contribution is 2.35. The number of nitro benzene ring substituents is 1. The molecule has 0 atom stereocenters. The first-order chi connectivity index (χ1) is 12.3. The maximum absolute atomic E-state index is 13.5. The van der Waals surface area contributed by atoms with Crippen LogP contribution in [0.1, 0.15) is 0 Å². The SMILES string of the molecule is O=[N+]([O-])c1ccc(N=Nc2ccc(O)c3ccccc23)c(S(=O)(=O)F)c1. The third-order valence-electron chi connectivity index (χ3n) is 3.56. The fraction of sp³-hybridized carbons (Fsp3) is 0. The maximum Gasteiger partial charge on any atom is 0.334 e. The Kier molecular flexibility index (Phi) is 4.34. The van der Waals surface area contributed by atoms with Crippen molar-refractivity contribution in [1.82, 2.24) is 0 Å². The number of non-ortho nitro benzene ring substituents is 1. The Balaban J connectivity index is 2.13. The number of aromatic hydroxyl groups is 1. The van der Waals surface area contributed by atoms with E-state index in [1.54, 1.807) is 24.3 Å². The number of phenols is 1. The zero-order chi connectivity index (χ0) is 18.9. The van der Waals surface area contributed by atoms with Crippen LogP contribution in [0.3, 0.4) is 0 Å². The molecule has 3 aromatic rings. The van der Waals surface area contributed by atoms with E-state index in [4.69, 9.17) is 0 Å². The summed E-state index contributed by atoms with van der Waals surface area (Å²) < 4.78 is 36.0. The number of nitrogens with zero attached hydrogens (tertiary/aromatic N) is 3. The van der Waals surface area contributed by atoms with Crippen molar-refractivity contribution >= 4 is 38.1 Å². The number of azo groups is 1. The van der Waals surface area contributed by atoms with E-state index >= 15 is 0 Å². The van der Waals surface area contributed by atoms with Crippen molar-refractivity contribution in [2.45, 2.75) is 4.90 Å². The molecular weight excluding hydrogens is 365 g/mol. The maximum atomic E-state index is 13.5. The van der Waals surface area contributed by atoms with Crippen LogP contribution in [0.25, 0.3) is 10.8 Å². The van der Waals surface area contributed by atoms with Gasteiger partial charge in [0, 0.05) is 22.9 Å². The lowest BCUT2D eigenvalue weighted by Crippen LogP contribution is -1.95. The highest BCUT2D eigenvalue weighted by Gasteiger charge is 2.22. The predicted octanol–water partition coefficient (Wildman–Crippen LogP) is 4.53. The van der Waals surface area contributed by atoms with Crippen LogP contribution in [0.15, 0.2) is 69.7 Å². The Bertz CT molecular complexity index is 1160. The van der Waals surface area contributed by atoms with Gasteiger partial charge in [0.15, 0.2) is 0 Å². The summed E-state index contributed by atoms with van der Waals surface area (Å²) in [6.45, 7) is 0. The molecule has 3 rings (SSSR count). The molecule has 0 amide bonds. The first-order valence-electron chi connectivity index (χ1n) is 7.13. The fourth-order valence-corrected chi connectivity index (χ4v) is 2.98. The topological polar surface area (TPSA) is 122 Å². The number of hydrogen-bond acceptors (Lipinski definition) is 7. The predicted molar refractivity (Wildman–Crippen MR) is 91.2 cm³/mol. The summed E-state index contributed by atoms with van der Waals surface area (Å²) in [5, 5.41) is 29.3. The first kappa shape index (κ1) is 17.4. The molecule has 26 heavy (non-hydrogen) atoms. The summed E-state index contributed by atoms with van der Waals surface area (Å²) in [7, 11) is -5.24. The lowest BCUT2D eigenvalue weighted by Gasteiger charge is -2.04. The zero-order valence-corrected chi connectivity index (χ0v) is 13.7. The fourth-order valence-electron chi connectivity index (χ4n) is 2.36. The molecule has 0 aliphatic carbocycles. The first-order valence-corrected chi connectivity index (χ1v) is 8.51. The lowest BCUT2D eigenvalue weighted by atomic mass is 10.1. The molecule has 8 nitrogen and oxygen atoms in total. The van der Waals surface area contributed by atoms with Crippen molar-refractivity contribution in [3.63, 3.8) is 0 Å². The zero-order valence-electron chi connectivity index (χ0n) is 12.9. The van der Waals surface area contributed by atoms with Crippen LogP contribution in [0, 0.1) is 10.1 Å². The molecule has 10 heteroatoms. The van der Waals surface area contributed by atoms with Crippen LogP contribution in [-0.2, 0) is 10.2 Å². The number of nitro groups is 1. The van der Waals surface area contributed by atoms with Gasteiger partial charge in [-0.2, -0.15) is 8.42 Å². The van der Waals surface area contributed by atoms with Gasteiger partial charge >= 0.3 is 10.2 Å². The third kappa shape index (κ3) is 3.35. The largest absolute Gasteiger partial charge is 0.507 e. The molecule has 132 valence electrons. The lowest BCUT2D eigenvalue weighted by molar-refractivity contribution is -0.385. The second-order valence-electron chi connectivity index (χ2n) is 5.20. The van der Waals surface area contributed by atoms with Gasteiger partial charge in [-0.15, -0.1) is 14.1 Å². The summed E-state index contributed by atoms with van der Waals surface area (Å²) in [5.41, 5.74) is -0.663. The minimum absolute atomic E-state index is 0.0295. The van der Waals surface area contributed by atoms with E-state index in [-0.39, 0.29) is 11.4 Å². The Hall–Kier alpha value is -3.40. The number of fused-ring (bicyclic) bond motifs is 1. The van der Waals surface area contributed by atoms with Gasteiger partial charge in [-0.1, -0.05) is 24.3 Å². The van der Waals surface area contributed by atoms with Crippen LogP contribution in [0.2, 0.25) is 0 Å². The van der Waals surface area contributed by atoms with Crippen LogP contribution in [-0.4, -0.2) is 18.4 Å². The molecule has 0 aliphatic rings. The molecule has 0 aromatic heterocycles. The molecule has 3 aromatic carbocycles. The van der Waals surface area contributed by atoms with Crippen molar-refractivity contribution in [1.29, 1.82) is 0 Å². The van der Waals surface area contributed by atoms with Gasteiger partial charge in [-0.3, -0.25) is 10.1 Å². The number of phenolic OH excluding ortho intramolecular Hbond substituents is 1. The van der Waals surface area contributed by atoms with Gasteiger partial charge in [0.25, 0.3) is 5.69 Å². The van der Waals surface area contributed by atoms with E-state index in [1.807, 2.05) is 0 Å². The summed E-state index contributed by atoms with van der Waals surface area (Å²) in [5.74, 6) is 0.0295. The molecule has 0 unspecified atom stereocenters. The molecule has 0 bridgehead atoms. The monoisotopic (exact) mass is 375 g/mol. The van der Waals surface area contributed by atoms with Crippen molar-refractivity contribution in [3.05, 3.63) is 64.7 Å². The Morgan fingerprint density at radius 1 is 0.962 bits per heavy atom. The molecule has 0 heterocycles. The van der Waals surface area contributed by atoms with Gasteiger partial charge < -0.3 is 5.11 Å². The van der Waals surface area contributed by atoms with Crippen molar-refractivity contribution in [2.24, 2.45) is 10.2 Å². The molecule has 0 radical (unpaired) electrons. The number of halogens is 1. The Morgan fingerprint density at radius 2 is 1.58 bits per heavy atom. The van der Waals surface area contributed by atoms with E-state index in [9.17, 15) is 27.5 Å². The van der Waals surface area contributed by atoms with Crippen molar-refractivity contribution < 1.29 is 22.3 Å². The minimum atomic E-state index is -5.24. The molecule has 0 spiro atoms. The minimum Gasteiger partial charge on any atom is -0.507 e.